The fourth-order valence-corrected chi connectivity index (χ4v) is 1.73. The van der Waals surface area contributed by atoms with Crippen LogP contribution < -0.4 is 11.1 Å². The number of anilines is 1. The highest BCUT2D eigenvalue weighted by atomic mass is 32.1. The molecule has 0 aliphatic carbocycles. The summed E-state index contributed by atoms with van der Waals surface area (Å²) in [5.74, 6) is -1.40. The number of rotatable bonds is 8. The van der Waals surface area contributed by atoms with Crippen LogP contribution in [0.5, 0.6) is 0 Å². The summed E-state index contributed by atoms with van der Waals surface area (Å²) >= 11 is 4.69. The first-order chi connectivity index (χ1) is 9.45. The Kier molecular flexibility index (Phi) is 6.77. The maximum atomic E-state index is 13.7. The van der Waals surface area contributed by atoms with Gasteiger partial charge in [-0.2, -0.15) is 0 Å². The Morgan fingerprint density at radius 1 is 1.35 bits per heavy atom. The number of nitrogens with one attached hydrogen (secondary N) is 1. The highest BCUT2D eigenvalue weighted by molar-refractivity contribution is 7.80. The third-order valence-corrected chi connectivity index (χ3v) is 3.03. The number of nitrogens with two attached hydrogens (primary N) is 1. The van der Waals surface area contributed by atoms with Crippen molar-refractivity contribution in [3.05, 3.63) is 29.3 Å². The number of ether oxygens (including phenoxy) is 1. The monoisotopic (exact) mass is 303 g/mol. The van der Waals surface area contributed by atoms with Crippen molar-refractivity contribution in [2.24, 2.45) is 5.73 Å². The summed E-state index contributed by atoms with van der Waals surface area (Å²) in [6.45, 7) is 2.42. The van der Waals surface area contributed by atoms with Crippen molar-refractivity contribution in [2.45, 2.75) is 0 Å². The molecule has 0 radical (unpaired) electrons. The van der Waals surface area contributed by atoms with E-state index < -0.39 is 11.6 Å². The zero-order chi connectivity index (χ0) is 15.1. The average Bonchev–Trinajstić information content (AvgIpc) is 2.39. The standard InChI is InChI=1S/C13H19F2N3OS/c1-18(5-6-19-2)4-3-17-12-10(14)7-9(13(16)20)8-11(12)15/h7-8,17H,3-6H2,1-2H3,(H2,16,20). The second kappa shape index (κ2) is 8.08. The predicted octanol–water partition coefficient (Wildman–Crippen LogP) is 1.59. The Bertz CT molecular complexity index is 448. The maximum absolute atomic E-state index is 13.7. The molecule has 0 aliphatic heterocycles. The van der Waals surface area contributed by atoms with Crippen LogP contribution in [-0.2, 0) is 4.74 Å². The van der Waals surface area contributed by atoms with Crippen molar-refractivity contribution in [3.63, 3.8) is 0 Å². The fourth-order valence-electron chi connectivity index (χ4n) is 1.61. The number of hydrogen-bond acceptors (Lipinski definition) is 4. The van der Waals surface area contributed by atoms with Crippen LogP contribution in [0.4, 0.5) is 14.5 Å². The molecule has 0 atom stereocenters. The molecule has 0 unspecified atom stereocenters. The zero-order valence-electron chi connectivity index (χ0n) is 11.6. The van der Waals surface area contributed by atoms with E-state index in [4.69, 9.17) is 22.7 Å². The van der Waals surface area contributed by atoms with E-state index in [0.717, 1.165) is 18.7 Å². The van der Waals surface area contributed by atoms with Crippen molar-refractivity contribution in [1.29, 1.82) is 0 Å². The maximum Gasteiger partial charge on any atom is 0.150 e. The van der Waals surface area contributed by atoms with Gasteiger partial charge in [0.25, 0.3) is 0 Å². The van der Waals surface area contributed by atoms with Crippen molar-refractivity contribution >= 4 is 22.9 Å². The third kappa shape index (κ3) is 4.99. The number of methoxy groups -OCH3 is 1. The van der Waals surface area contributed by atoms with E-state index in [2.05, 4.69) is 5.32 Å². The highest BCUT2D eigenvalue weighted by Crippen LogP contribution is 2.20. The molecule has 0 bridgehead atoms. The molecule has 4 nitrogen and oxygen atoms in total. The molecule has 0 fully saturated rings. The Morgan fingerprint density at radius 3 is 2.45 bits per heavy atom. The lowest BCUT2D eigenvalue weighted by atomic mass is 10.2. The third-order valence-electron chi connectivity index (χ3n) is 2.80. The molecule has 20 heavy (non-hydrogen) atoms. The van der Waals surface area contributed by atoms with E-state index in [0.29, 0.717) is 19.7 Å². The Balaban J connectivity index is 2.58. The van der Waals surface area contributed by atoms with Gasteiger partial charge in [0.2, 0.25) is 0 Å². The molecule has 0 aromatic heterocycles. The van der Waals surface area contributed by atoms with Crippen molar-refractivity contribution in [2.75, 3.05) is 45.7 Å². The molecule has 0 aliphatic rings. The molecule has 1 rings (SSSR count). The van der Waals surface area contributed by atoms with Gasteiger partial charge in [0.1, 0.15) is 22.3 Å². The lowest BCUT2D eigenvalue weighted by Gasteiger charge is -2.17. The summed E-state index contributed by atoms with van der Waals surface area (Å²) in [4.78, 5) is 1.96. The minimum absolute atomic E-state index is 0.0337. The zero-order valence-corrected chi connectivity index (χ0v) is 12.4. The van der Waals surface area contributed by atoms with Crippen LogP contribution in [0, 0.1) is 11.6 Å². The van der Waals surface area contributed by atoms with E-state index in [1.807, 2.05) is 11.9 Å². The molecule has 0 amide bonds. The van der Waals surface area contributed by atoms with Crippen LogP contribution >= 0.6 is 12.2 Å². The van der Waals surface area contributed by atoms with Crippen LogP contribution in [0.3, 0.4) is 0 Å². The van der Waals surface area contributed by atoms with Crippen LogP contribution in [0.15, 0.2) is 12.1 Å². The first-order valence-corrected chi connectivity index (χ1v) is 6.56. The summed E-state index contributed by atoms with van der Waals surface area (Å²) in [5.41, 5.74) is 5.36. The van der Waals surface area contributed by atoms with Crippen LogP contribution in [0.1, 0.15) is 5.56 Å². The van der Waals surface area contributed by atoms with Gasteiger partial charge in [0, 0.05) is 32.3 Å². The topological polar surface area (TPSA) is 50.5 Å². The number of halogens is 2. The summed E-state index contributed by atoms with van der Waals surface area (Å²) in [6, 6.07) is 2.25. The first kappa shape index (κ1) is 16.7. The lowest BCUT2D eigenvalue weighted by molar-refractivity contribution is 0.163. The number of thiocarbonyl (C=S) groups is 1. The summed E-state index contributed by atoms with van der Waals surface area (Å²) in [7, 11) is 3.53. The first-order valence-electron chi connectivity index (χ1n) is 6.16. The molecule has 3 N–H and O–H groups in total. The molecular weight excluding hydrogens is 284 g/mol. The van der Waals surface area contributed by atoms with Gasteiger partial charge < -0.3 is 20.7 Å². The van der Waals surface area contributed by atoms with Gasteiger partial charge in [-0.25, -0.2) is 8.78 Å². The minimum atomic E-state index is -0.702. The normalized spacial score (nSPS) is 10.8. The summed E-state index contributed by atoms with van der Waals surface area (Å²) in [6.07, 6.45) is 0. The Labute approximate surface area is 122 Å². The summed E-state index contributed by atoms with van der Waals surface area (Å²) < 4.78 is 32.4. The molecule has 112 valence electrons. The number of likely N-dealkylation sites (N-methyl/N-ethyl adjacent to an activating group) is 1. The van der Waals surface area contributed by atoms with Gasteiger partial charge in [0.15, 0.2) is 0 Å². The Morgan fingerprint density at radius 2 is 1.95 bits per heavy atom. The van der Waals surface area contributed by atoms with E-state index in [-0.39, 0.29) is 16.2 Å². The van der Waals surface area contributed by atoms with E-state index in [9.17, 15) is 8.78 Å². The Hall–Kier alpha value is -1.31. The van der Waals surface area contributed by atoms with Crippen molar-refractivity contribution < 1.29 is 13.5 Å². The molecule has 1 aromatic carbocycles. The number of hydrogen-bond donors (Lipinski definition) is 2. The van der Waals surface area contributed by atoms with Gasteiger partial charge in [0.05, 0.1) is 6.61 Å². The average molecular weight is 303 g/mol. The molecule has 0 heterocycles. The minimum Gasteiger partial charge on any atom is -0.389 e. The fraction of sp³-hybridized carbons (Fsp3) is 0.462. The van der Waals surface area contributed by atoms with E-state index >= 15 is 0 Å². The van der Waals surface area contributed by atoms with Crippen LogP contribution in [-0.4, -0.2) is 50.3 Å². The predicted molar refractivity (Wildman–Crippen MR) is 80.1 cm³/mol. The van der Waals surface area contributed by atoms with Gasteiger partial charge in [-0.05, 0) is 19.2 Å². The van der Waals surface area contributed by atoms with Crippen LogP contribution in [0.2, 0.25) is 0 Å². The summed E-state index contributed by atoms with van der Waals surface area (Å²) in [5, 5.41) is 2.74. The van der Waals surface area contributed by atoms with Crippen molar-refractivity contribution in [3.8, 4) is 0 Å². The number of benzene rings is 1. The quantitative estimate of drug-likeness (QED) is 0.714. The lowest BCUT2D eigenvalue weighted by Crippen LogP contribution is -2.28. The second-order valence-corrected chi connectivity index (χ2v) is 4.84. The molecular formula is C13H19F2N3OS. The SMILES string of the molecule is COCCN(C)CCNc1c(F)cc(C(N)=S)cc1F. The van der Waals surface area contributed by atoms with Crippen LogP contribution in [0.25, 0.3) is 0 Å². The van der Waals surface area contributed by atoms with Gasteiger partial charge in [-0.1, -0.05) is 12.2 Å². The van der Waals surface area contributed by atoms with Crippen molar-refractivity contribution in [1.82, 2.24) is 4.90 Å². The number of nitrogens with zero attached hydrogens (tertiary/aromatic N) is 1. The molecule has 0 spiro atoms. The van der Waals surface area contributed by atoms with E-state index in [1.165, 1.54) is 0 Å². The highest BCUT2D eigenvalue weighted by Gasteiger charge is 2.12. The molecule has 1 aromatic rings. The molecule has 0 saturated carbocycles. The second-order valence-electron chi connectivity index (χ2n) is 4.40. The smallest absolute Gasteiger partial charge is 0.150 e. The van der Waals surface area contributed by atoms with Gasteiger partial charge in [-0.15, -0.1) is 0 Å². The largest absolute Gasteiger partial charge is 0.389 e. The van der Waals surface area contributed by atoms with E-state index in [1.54, 1.807) is 7.11 Å². The molecule has 0 saturated heterocycles. The van der Waals surface area contributed by atoms with Gasteiger partial charge >= 0.3 is 0 Å². The molecule has 7 heteroatoms. The van der Waals surface area contributed by atoms with Gasteiger partial charge in [-0.3, -0.25) is 0 Å².